The molecule has 0 aliphatic carbocycles. The number of hydrogen-bond acceptors (Lipinski definition) is 5. The molecule has 138 valence electrons. The van der Waals surface area contributed by atoms with Crippen molar-refractivity contribution in [3.8, 4) is 22.6 Å². The van der Waals surface area contributed by atoms with E-state index in [-0.39, 0.29) is 5.69 Å². The Morgan fingerprint density at radius 1 is 1.00 bits per heavy atom. The maximum atomic E-state index is 11.2. The Kier molecular flexibility index (Phi) is 5.98. The number of methoxy groups -OCH3 is 1. The van der Waals surface area contributed by atoms with Crippen LogP contribution in [0.3, 0.4) is 0 Å². The van der Waals surface area contributed by atoms with Gasteiger partial charge in [-0.05, 0) is 47.7 Å². The first-order valence-electron chi connectivity index (χ1n) is 8.29. The van der Waals surface area contributed by atoms with E-state index in [1.54, 1.807) is 24.9 Å². The molecule has 0 unspecified atom stereocenters. The number of hydrogen-bond donors (Lipinski definition) is 0. The Bertz CT molecular complexity index is 924. The molecule has 0 aliphatic rings. The smallest absolute Gasteiger partial charge is 0.270 e. The van der Waals surface area contributed by atoms with Crippen molar-refractivity contribution >= 4 is 17.4 Å². The van der Waals surface area contributed by atoms with Crippen LogP contribution in [0.15, 0.2) is 71.6 Å². The van der Waals surface area contributed by atoms with Crippen LogP contribution in [0.25, 0.3) is 11.1 Å². The highest BCUT2D eigenvalue weighted by Crippen LogP contribution is 2.35. The van der Waals surface area contributed by atoms with Crippen molar-refractivity contribution in [1.29, 1.82) is 0 Å². The molecule has 0 fully saturated rings. The van der Waals surface area contributed by atoms with Gasteiger partial charge in [-0.3, -0.25) is 10.1 Å². The quantitative estimate of drug-likeness (QED) is 0.304. The highest BCUT2D eigenvalue weighted by Gasteiger charge is 2.14. The van der Waals surface area contributed by atoms with Crippen LogP contribution in [0.2, 0.25) is 0 Å². The van der Waals surface area contributed by atoms with Crippen molar-refractivity contribution in [2.24, 2.45) is 0 Å². The van der Waals surface area contributed by atoms with Crippen molar-refractivity contribution < 1.29 is 14.4 Å². The van der Waals surface area contributed by atoms with E-state index in [9.17, 15) is 10.1 Å². The standard InChI is InChI=1S/C21H19NO4S/c1-25-18-8-5-16(6-9-18)20-13-17(22(23)24)7-12-21(20)26-14-15-3-10-19(27-2)11-4-15/h3-13H,14H2,1-2H3. The second kappa shape index (κ2) is 8.60. The van der Waals surface area contributed by atoms with E-state index >= 15 is 0 Å². The topological polar surface area (TPSA) is 61.6 Å². The Morgan fingerprint density at radius 3 is 2.30 bits per heavy atom. The molecule has 3 rings (SSSR count). The number of rotatable bonds is 7. The van der Waals surface area contributed by atoms with Gasteiger partial charge in [0, 0.05) is 22.6 Å². The molecular weight excluding hydrogens is 362 g/mol. The Labute approximate surface area is 162 Å². The summed E-state index contributed by atoms with van der Waals surface area (Å²) in [4.78, 5) is 12.0. The van der Waals surface area contributed by atoms with E-state index in [0.29, 0.717) is 17.9 Å². The molecule has 27 heavy (non-hydrogen) atoms. The summed E-state index contributed by atoms with van der Waals surface area (Å²) < 4.78 is 11.2. The Balaban J connectivity index is 1.89. The van der Waals surface area contributed by atoms with Gasteiger partial charge >= 0.3 is 0 Å². The number of nitro benzene ring substituents is 1. The van der Waals surface area contributed by atoms with E-state index in [2.05, 4.69) is 0 Å². The summed E-state index contributed by atoms with van der Waals surface area (Å²) >= 11 is 1.68. The third kappa shape index (κ3) is 4.60. The monoisotopic (exact) mass is 381 g/mol. The minimum absolute atomic E-state index is 0.0255. The number of ether oxygens (including phenoxy) is 2. The molecule has 0 radical (unpaired) electrons. The van der Waals surface area contributed by atoms with Gasteiger partial charge in [0.2, 0.25) is 0 Å². The molecule has 0 heterocycles. The molecule has 0 saturated carbocycles. The maximum Gasteiger partial charge on any atom is 0.270 e. The van der Waals surface area contributed by atoms with Gasteiger partial charge in [0.05, 0.1) is 12.0 Å². The van der Waals surface area contributed by atoms with Gasteiger partial charge in [0.15, 0.2) is 0 Å². The zero-order chi connectivity index (χ0) is 19.2. The fourth-order valence-corrected chi connectivity index (χ4v) is 3.04. The van der Waals surface area contributed by atoms with Crippen LogP contribution in [0.4, 0.5) is 5.69 Å². The lowest BCUT2D eigenvalue weighted by Gasteiger charge is -2.12. The normalized spacial score (nSPS) is 10.4. The Hall–Kier alpha value is -2.99. The largest absolute Gasteiger partial charge is 0.497 e. The molecule has 0 bridgehead atoms. The summed E-state index contributed by atoms with van der Waals surface area (Å²) in [5.41, 5.74) is 2.56. The van der Waals surface area contributed by atoms with Gasteiger partial charge in [-0.25, -0.2) is 0 Å². The van der Waals surface area contributed by atoms with Gasteiger partial charge in [-0.1, -0.05) is 24.3 Å². The molecule has 3 aromatic carbocycles. The maximum absolute atomic E-state index is 11.2. The van der Waals surface area contributed by atoms with Gasteiger partial charge < -0.3 is 9.47 Å². The zero-order valence-electron chi connectivity index (χ0n) is 15.0. The third-order valence-electron chi connectivity index (χ3n) is 4.13. The van der Waals surface area contributed by atoms with Crippen LogP contribution in [-0.2, 0) is 6.61 Å². The van der Waals surface area contributed by atoms with Gasteiger partial charge in [-0.2, -0.15) is 0 Å². The van der Waals surface area contributed by atoms with E-state index < -0.39 is 4.92 Å². The SMILES string of the molecule is COc1ccc(-c2cc([N+](=O)[O-])ccc2OCc2ccc(SC)cc2)cc1. The lowest BCUT2D eigenvalue weighted by molar-refractivity contribution is -0.384. The van der Waals surface area contributed by atoms with Gasteiger partial charge in [0.1, 0.15) is 18.1 Å². The minimum Gasteiger partial charge on any atom is -0.497 e. The van der Waals surface area contributed by atoms with Crippen molar-refractivity contribution in [3.05, 3.63) is 82.4 Å². The highest BCUT2D eigenvalue weighted by molar-refractivity contribution is 7.98. The summed E-state index contributed by atoms with van der Waals surface area (Å²) in [7, 11) is 1.60. The number of non-ortho nitro benzene ring substituents is 1. The molecule has 6 heteroatoms. The first-order chi connectivity index (χ1) is 13.1. The molecule has 3 aromatic rings. The van der Waals surface area contributed by atoms with E-state index in [1.807, 2.05) is 54.8 Å². The second-order valence-electron chi connectivity index (χ2n) is 5.80. The molecule has 0 spiro atoms. The van der Waals surface area contributed by atoms with E-state index in [1.165, 1.54) is 17.0 Å². The van der Waals surface area contributed by atoms with Crippen molar-refractivity contribution in [2.45, 2.75) is 11.5 Å². The minimum atomic E-state index is -0.405. The molecule has 0 saturated heterocycles. The number of nitrogens with zero attached hydrogens (tertiary/aromatic N) is 1. The first-order valence-corrected chi connectivity index (χ1v) is 9.52. The van der Waals surface area contributed by atoms with Crippen molar-refractivity contribution in [1.82, 2.24) is 0 Å². The van der Waals surface area contributed by atoms with E-state index in [0.717, 1.165) is 16.9 Å². The summed E-state index contributed by atoms with van der Waals surface area (Å²) in [6.45, 7) is 0.385. The zero-order valence-corrected chi connectivity index (χ0v) is 15.9. The lowest BCUT2D eigenvalue weighted by atomic mass is 10.0. The first kappa shape index (κ1) is 18.8. The van der Waals surface area contributed by atoms with Gasteiger partial charge in [-0.15, -0.1) is 11.8 Å². The average molecular weight is 381 g/mol. The fraction of sp³-hybridized carbons (Fsp3) is 0.143. The van der Waals surface area contributed by atoms with Crippen molar-refractivity contribution in [2.75, 3.05) is 13.4 Å². The molecule has 0 aromatic heterocycles. The average Bonchev–Trinajstić information content (AvgIpc) is 2.72. The van der Waals surface area contributed by atoms with Crippen LogP contribution in [0, 0.1) is 10.1 Å². The molecule has 0 aliphatic heterocycles. The summed E-state index contributed by atoms with van der Waals surface area (Å²) in [5, 5.41) is 11.2. The molecule has 0 N–H and O–H groups in total. The van der Waals surface area contributed by atoms with E-state index in [4.69, 9.17) is 9.47 Å². The number of benzene rings is 3. The molecular formula is C21H19NO4S. The van der Waals surface area contributed by atoms with Crippen LogP contribution in [0.5, 0.6) is 11.5 Å². The predicted molar refractivity (Wildman–Crippen MR) is 108 cm³/mol. The van der Waals surface area contributed by atoms with Crippen LogP contribution in [0.1, 0.15) is 5.56 Å². The lowest BCUT2D eigenvalue weighted by Crippen LogP contribution is -1.98. The second-order valence-corrected chi connectivity index (χ2v) is 6.68. The number of nitro groups is 1. The van der Waals surface area contributed by atoms with Crippen LogP contribution >= 0.6 is 11.8 Å². The fourth-order valence-electron chi connectivity index (χ4n) is 2.64. The van der Waals surface area contributed by atoms with Crippen LogP contribution in [-0.4, -0.2) is 18.3 Å². The van der Waals surface area contributed by atoms with Crippen molar-refractivity contribution in [3.63, 3.8) is 0 Å². The molecule has 0 amide bonds. The third-order valence-corrected chi connectivity index (χ3v) is 4.87. The Morgan fingerprint density at radius 2 is 1.70 bits per heavy atom. The highest BCUT2D eigenvalue weighted by atomic mass is 32.2. The summed E-state index contributed by atoms with van der Waals surface area (Å²) in [6.07, 6.45) is 2.03. The number of thioether (sulfide) groups is 1. The molecule has 5 nitrogen and oxygen atoms in total. The molecule has 0 atom stereocenters. The van der Waals surface area contributed by atoms with Gasteiger partial charge in [0.25, 0.3) is 5.69 Å². The summed E-state index contributed by atoms with van der Waals surface area (Å²) in [6, 6.07) is 20.1. The van der Waals surface area contributed by atoms with Crippen LogP contribution < -0.4 is 9.47 Å². The summed E-state index contributed by atoms with van der Waals surface area (Å²) in [5.74, 6) is 1.32. The predicted octanol–water partition coefficient (Wildman–Crippen LogP) is 5.57.